The molecule has 1 aromatic rings. The van der Waals surface area contributed by atoms with Crippen molar-refractivity contribution >= 4 is 11.9 Å². The highest BCUT2D eigenvalue weighted by molar-refractivity contribution is 5.97. The van der Waals surface area contributed by atoms with Gasteiger partial charge in [-0.05, 0) is 37.5 Å². The molecule has 1 N–H and O–H groups in total. The highest BCUT2D eigenvalue weighted by atomic mass is 16.5. The minimum atomic E-state index is -0.936. The van der Waals surface area contributed by atoms with Gasteiger partial charge in [-0.2, -0.15) is 0 Å². The quantitative estimate of drug-likeness (QED) is 0.895. The average molecular weight is 277 g/mol. The van der Waals surface area contributed by atoms with Crippen LogP contribution in [-0.4, -0.2) is 41.1 Å². The molecule has 0 spiro atoms. The number of carbonyl (C=O) groups excluding carboxylic acids is 1. The monoisotopic (exact) mass is 277 g/mol. The lowest BCUT2D eigenvalue weighted by atomic mass is 10.1. The van der Waals surface area contributed by atoms with Crippen LogP contribution in [0.4, 0.5) is 0 Å². The summed E-state index contributed by atoms with van der Waals surface area (Å²) < 4.78 is 5.50. The van der Waals surface area contributed by atoms with E-state index >= 15 is 0 Å². The van der Waals surface area contributed by atoms with E-state index in [0.29, 0.717) is 30.9 Å². The maximum absolute atomic E-state index is 12.4. The van der Waals surface area contributed by atoms with E-state index < -0.39 is 12.0 Å². The first-order chi connectivity index (χ1) is 9.63. The summed E-state index contributed by atoms with van der Waals surface area (Å²) in [5.74, 6) is -0.533. The van der Waals surface area contributed by atoms with Crippen LogP contribution in [0.1, 0.15) is 36.5 Å². The molecule has 1 aromatic carbocycles. The van der Waals surface area contributed by atoms with Crippen molar-refractivity contribution < 1.29 is 19.4 Å². The van der Waals surface area contributed by atoms with Gasteiger partial charge in [-0.25, -0.2) is 4.79 Å². The van der Waals surface area contributed by atoms with Crippen molar-refractivity contribution in [3.63, 3.8) is 0 Å². The predicted molar refractivity (Wildman–Crippen MR) is 73.9 cm³/mol. The van der Waals surface area contributed by atoms with E-state index in [1.807, 2.05) is 6.92 Å². The summed E-state index contributed by atoms with van der Waals surface area (Å²) in [4.78, 5) is 25.0. The van der Waals surface area contributed by atoms with Crippen molar-refractivity contribution in [1.29, 1.82) is 0 Å². The van der Waals surface area contributed by atoms with Gasteiger partial charge < -0.3 is 14.7 Å². The minimum Gasteiger partial charge on any atom is -0.494 e. The van der Waals surface area contributed by atoms with Gasteiger partial charge in [-0.3, -0.25) is 4.79 Å². The molecule has 0 aliphatic carbocycles. The van der Waals surface area contributed by atoms with E-state index in [-0.39, 0.29) is 5.91 Å². The van der Waals surface area contributed by atoms with Crippen LogP contribution in [-0.2, 0) is 4.79 Å². The lowest BCUT2D eigenvalue weighted by Gasteiger charge is -2.21. The highest BCUT2D eigenvalue weighted by Crippen LogP contribution is 2.22. The molecule has 1 saturated heterocycles. The number of hydrogen-bond donors (Lipinski definition) is 1. The van der Waals surface area contributed by atoms with Gasteiger partial charge in [0.15, 0.2) is 0 Å². The fourth-order valence-corrected chi connectivity index (χ4v) is 2.37. The molecule has 5 nitrogen and oxygen atoms in total. The molecular formula is C15H19NO4. The van der Waals surface area contributed by atoms with Crippen molar-refractivity contribution in [2.24, 2.45) is 0 Å². The second kappa shape index (κ2) is 6.41. The first kappa shape index (κ1) is 14.4. The molecule has 1 atom stereocenters. The summed E-state index contributed by atoms with van der Waals surface area (Å²) in [6.07, 6.45) is 2.15. The van der Waals surface area contributed by atoms with Gasteiger partial charge in [0.2, 0.25) is 0 Å². The third-order valence-corrected chi connectivity index (χ3v) is 3.35. The SMILES string of the molecule is CCCOc1cccc(C(=O)N2CCC[C@H]2C(=O)O)c1. The van der Waals surface area contributed by atoms with Gasteiger partial charge in [-0.1, -0.05) is 13.0 Å². The van der Waals surface area contributed by atoms with Gasteiger partial charge in [-0.15, -0.1) is 0 Å². The molecular weight excluding hydrogens is 258 g/mol. The van der Waals surface area contributed by atoms with Crippen molar-refractivity contribution in [1.82, 2.24) is 4.90 Å². The van der Waals surface area contributed by atoms with Crippen molar-refractivity contribution in [2.45, 2.75) is 32.2 Å². The van der Waals surface area contributed by atoms with Crippen molar-refractivity contribution in [2.75, 3.05) is 13.2 Å². The Hall–Kier alpha value is -2.04. The summed E-state index contributed by atoms with van der Waals surface area (Å²) in [7, 11) is 0. The number of amides is 1. The van der Waals surface area contributed by atoms with Gasteiger partial charge in [0.05, 0.1) is 6.61 Å². The number of nitrogens with zero attached hydrogens (tertiary/aromatic N) is 1. The normalized spacial score (nSPS) is 18.1. The third kappa shape index (κ3) is 3.10. The summed E-state index contributed by atoms with van der Waals surface area (Å²) in [6.45, 7) is 3.10. The van der Waals surface area contributed by atoms with Crippen LogP contribution >= 0.6 is 0 Å². The third-order valence-electron chi connectivity index (χ3n) is 3.35. The standard InChI is InChI=1S/C15H19NO4/c1-2-9-20-12-6-3-5-11(10-12)14(17)16-8-4-7-13(16)15(18)19/h3,5-6,10,13H,2,4,7-9H2,1H3,(H,18,19)/t13-/m0/s1. The Morgan fingerprint density at radius 1 is 1.45 bits per heavy atom. The first-order valence-electron chi connectivity index (χ1n) is 6.90. The smallest absolute Gasteiger partial charge is 0.326 e. The van der Waals surface area contributed by atoms with E-state index in [1.165, 1.54) is 4.90 Å². The zero-order chi connectivity index (χ0) is 14.5. The molecule has 1 fully saturated rings. The number of aliphatic carboxylic acids is 1. The topological polar surface area (TPSA) is 66.8 Å². The largest absolute Gasteiger partial charge is 0.494 e. The zero-order valence-corrected chi connectivity index (χ0v) is 11.5. The molecule has 0 unspecified atom stereocenters. The molecule has 2 rings (SSSR count). The van der Waals surface area contributed by atoms with E-state index in [9.17, 15) is 9.59 Å². The fraction of sp³-hybridized carbons (Fsp3) is 0.467. The molecule has 0 bridgehead atoms. The van der Waals surface area contributed by atoms with E-state index in [2.05, 4.69) is 0 Å². The Bertz CT molecular complexity index is 500. The number of carboxylic acid groups (broad SMARTS) is 1. The Balaban J connectivity index is 2.14. The van der Waals surface area contributed by atoms with Crippen LogP contribution in [0.25, 0.3) is 0 Å². The molecule has 1 amide bonds. The summed E-state index contributed by atoms with van der Waals surface area (Å²) in [5.41, 5.74) is 0.478. The Morgan fingerprint density at radius 3 is 2.95 bits per heavy atom. The summed E-state index contributed by atoms with van der Waals surface area (Å²) in [6, 6.07) is 6.21. The molecule has 5 heteroatoms. The lowest BCUT2D eigenvalue weighted by Crippen LogP contribution is -2.40. The molecule has 0 saturated carbocycles. The number of rotatable bonds is 5. The van der Waals surface area contributed by atoms with Crippen LogP contribution in [0.2, 0.25) is 0 Å². The van der Waals surface area contributed by atoms with E-state index in [1.54, 1.807) is 24.3 Å². The zero-order valence-electron chi connectivity index (χ0n) is 11.5. The van der Waals surface area contributed by atoms with Crippen LogP contribution in [0.15, 0.2) is 24.3 Å². The molecule has 1 aliphatic heterocycles. The van der Waals surface area contributed by atoms with Gasteiger partial charge in [0.1, 0.15) is 11.8 Å². The number of ether oxygens (including phenoxy) is 1. The first-order valence-corrected chi connectivity index (χ1v) is 6.90. The lowest BCUT2D eigenvalue weighted by molar-refractivity contribution is -0.141. The Morgan fingerprint density at radius 2 is 2.25 bits per heavy atom. The summed E-state index contributed by atoms with van der Waals surface area (Å²) >= 11 is 0. The summed E-state index contributed by atoms with van der Waals surface area (Å²) in [5, 5.41) is 9.13. The molecule has 108 valence electrons. The van der Waals surface area contributed by atoms with Gasteiger partial charge >= 0.3 is 5.97 Å². The van der Waals surface area contributed by atoms with Crippen molar-refractivity contribution in [3.05, 3.63) is 29.8 Å². The minimum absolute atomic E-state index is 0.239. The number of likely N-dealkylation sites (tertiary alicyclic amines) is 1. The number of hydrogen-bond acceptors (Lipinski definition) is 3. The Kier molecular flexibility index (Phi) is 4.61. The van der Waals surface area contributed by atoms with Crippen LogP contribution < -0.4 is 4.74 Å². The van der Waals surface area contributed by atoms with Crippen LogP contribution in [0.5, 0.6) is 5.75 Å². The molecule has 20 heavy (non-hydrogen) atoms. The van der Waals surface area contributed by atoms with Gasteiger partial charge in [0.25, 0.3) is 5.91 Å². The highest BCUT2D eigenvalue weighted by Gasteiger charge is 2.34. The fourth-order valence-electron chi connectivity index (χ4n) is 2.37. The second-order valence-electron chi connectivity index (χ2n) is 4.87. The number of benzene rings is 1. The molecule has 0 aromatic heterocycles. The predicted octanol–water partition coefficient (Wildman–Crippen LogP) is 2.16. The number of carbonyl (C=O) groups is 2. The molecule has 1 heterocycles. The van der Waals surface area contributed by atoms with Crippen LogP contribution in [0.3, 0.4) is 0 Å². The van der Waals surface area contributed by atoms with Crippen LogP contribution in [0, 0.1) is 0 Å². The second-order valence-corrected chi connectivity index (χ2v) is 4.87. The Labute approximate surface area is 118 Å². The molecule has 1 aliphatic rings. The maximum Gasteiger partial charge on any atom is 0.326 e. The van der Waals surface area contributed by atoms with Gasteiger partial charge in [0, 0.05) is 12.1 Å². The number of carboxylic acids is 1. The molecule has 0 radical (unpaired) electrons. The maximum atomic E-state index is 12.4. The van der Waals surface area contributed by atoms with E-state index in [4.69, 9.17) is 9.84 Å². The van der Waals surface area contributed by atoms with Crippen molar-refractivity contribution in [3.8, 4) is 5.75 Å². The average Bonchev–Trinajstić information content (AvgIpc) is 2.94. The van der Waals surface area contributed by atoms with E-state index in [0.717, 1.165) is 12.8 Å².